The Hall–Kier alpha value is -2.47. The summed E-state index contributed by atoms with van der Waals surface area (Å²) in [4.78, 5) is 4.64. The Morgan fingerprint density at radius 1 is 0.960 bits per heavy atom. The third-order valence-corrected chi connectivity index (χ3v) is 4.97. The first kappa shape index (κ1) is 16.0. The zero-order valence-corrected chi connectivity index (χ0v) is 14.8. The molecule has 2 aromatic rings. The van der Waals surface area contributed by atoms with Gasteiger partial charge in [0.15, 0.2) is 16.6 Å². The first-order valence-electron chi connectivity index (χ1n) is 8.51. The Kier molecular flexibility index (Phi) is 4.61. The summed E-state index contributed by atoms with van der Waals surface area (Å²) >= 11 is 5.57. The molecular weight excluding hydrogens is 334 g/mol. The zero-order chi connectivity index (χ0) is 17.1. The van der Waals surface area contributed by atoms with Crippen molar-refractivity contribution < 1.29 is 9.47 Å². The zero-order valence-electron chi connectivity index (χ0n) is 14.0. The van der Waals surface area contributed by atoms with Crippen LogP contribution >= 0.6 is 12.2 Å². The van der Waals surface area contributed by atoms with E-state index in [9.17, 15) is 0 Å². The number of benzene rings is 2. The Labute approximate surface area is 153 Å². The molecule has 4 rings (SSSR count). The van der Waals surface area contributed by atoms with E-state index in [-0.39, 0.29) is 0 Å². The van der Waals surface area contributed by atoms with Crippen LogP contribution in [0.3, 0.4) is 0 Å². The molecule has 0 amide bonds. The van der Waals surface area contributed by atoms with Gasteiger partial charge >= 0.3 is 0 Å². The second-order valence-electron chi connectivity index (χ2n) is 6.16. The van der Waals surface area contributed by atoms with E-state index in [2.05, 4.69) is 45.4 Å². The average molecular weight is 355 g/mol. The van der Waals surface area contributed by atoms with E-state index in [1.165, 1.54) is 5.69 Å². The van der Waals surface area contributed by atoms with Gasteiger partial charge in [0.25, 0.3) is 0 Å². The average Bonchev–Trinajstić information content (AvgIpc) is 3.15. The lowest BCUT2D eigenvalue weighted by molar-refractivity contribution is 0.174. The van der Waals surface area contributed by atoms with Gasteiger partial charge in [-0.05, 0) is 42.0 Å². The number of para-hydroxylation sites is 1. The molecule has 1 N–H and O–H groups in total. The van der Waals surface area contributed by atoms with Crippen LogP contribution in [0.15, 0.2) is 48.5 Å². The van der Waals surface area contributed by atoms with Gasteiger partial charge in [0.1, 0.15) is 0 Å². The number of hydrogen-bond acceptors (Lipinski definition) is 4. The normalized spacial score (nSPS) is 16.0. The predicted molar refractivity (Wildman–Crippen MR) is 102 cm³/mol. The third kappa shape index (κ3) is 3.64. The van der Waals surface area contributed by atoms with E-state index in [1.807, 2.05) is 18.2 Å². The summed E-state index contributed by atoms with van der Waals surface area (Å²) in [7, 11) is 0. The Bertz CT molecular complexity index is 746. The highest BCUT2D eigenvalue weighted by Gasteiger charge is 2.19. The second kappa shape index (κ2) is 7.19. The smallest absolute Gasteiger partial charge is 0.231 e. The van der Waals surface area contributed by atoms with Crippen molar-refractivity contribution in [1.29, 1.82) is 0 Å². The fraction of sp³-hybridized carbons (Fsp3) is 0.316. The fourth-order valence-electron chi connectivity index (χ4n) is 3.15. The van der Waals surface area contributed by atoms with Gasteiger partial charge in [-0.3, -0.25) is 0 Å². The standard InChI is InChI=1S/C19H21N3O2S/c25-19(20-13-15-6-7-17-18(12-15)24-14-23-17)22-10-8-21(9-11-22)16-4-2-1-3-5-16/h1-7,12H,8-11,13-14H2,(H,20,25). The highest BCUT2D eigenvalue weighted by Crippen LogP contribution is 2.32. The van der Waals surface area contributed by atoms with Crippen molar-refractivity contribution in [3.05, 3.63) is 54.1 Å². The molecule has 2 aliphatic rings. The van der Waals surface area contributed by atoms with Gasteiger partial charge in [-0.2, -0.15) is 0 Å². The number of thiocarbonyl (C=S) groups is 1. The van der Waals surface area contributed by atoms with E-state index in [4.69, 9.17) is 21.7 Å². The Morgan fingerprint density at radius 3 is 2.52 bits per heavy atom. The molecule has 0 aromatic heterocycles. The molecule has 2 aromatic carbocycles. The molecule has 6 heteroatoms. The van der Waals surface area contributed by atoms with Crippen molar-refractivity contribution in [3.8, 4) is 11.5 Å². The number of hydrogen-bond donors (Lipinski definition) is 1. The summed E-state index contributed by atoms with van der Waals surface area (Å²) < 4.78 is 10.8. The van der Waals surface area contributed by atoms with Crippen LogP contribution in [0.2, 0.25) is 0 Å². The molecule has 25 heavy (non-hydrogen) atoms. The molecule has 1 saturated heterocycles. The molecule has 2 aliphatic heterocycles. The van der Waals surface area contributed by atoms with E-state index in [1.54, 1.807) is 0 Å². The number of anilines is 1. The summed E-state index contributed by atoms with van der Waals surface area (Å²) in [5.74, 6) is 1.62. The molecule has 0 unspecified atom stereocenters. The van der Waals surface area contributed by atoms with Gasteiger partial charge in [-0.25, -0.2) is 0 Å². The van der Waals surface area contributed by atoms with Gasteiger partial charge < -0.3 is 24.6 Å². The maximum Gasteiger partial charge on any atom is 0.231 e. The van der Waals surface area contributed by atoms with Gasteiger partial charge in [0.2, 0.25) is 6.79 Å². The van der Waals surface area contributed by atoms with Crippen LogP contribution in [0.4, 0.5) is 5.69 Å². The minimum absolute atomic E-state index is 0.302. The van der Waals surface area contributed by atoms with Crippen LogP contribution in [0.1, 0.15) is 5.56 Å². The van der Waals surface area contributed by atoms with Crippen molar-refractivity contribution in [1.82, 2.24) is 10.2 Å². The monoisotopic (exact) mass is 355 g/mol. The summed E-state index contributed by atoms with van der Waals surface area (Å²) in [6.07, 6.45) is 0. The predicted octanol–water partition coefficient (Wildman–Crippen LogP) is 2.61. The lowest BCUT2D eigenvalue weighted by atomic mass is 10.2. The van der Waals surface area contributed by atoms with E-state index in [0.29, 0.717) is 13.3 Å². The SMILES string of the molecule is S=C(NCc1ccc2c(c1)OCO2)N1CCN(c2ccccc2)CC1. The highest BCUT2D eigenvalue weighted by atomic mass is 32.1. The molecule has 1 fully saturated rings. The maximum atomic E-state index is 5.57. The van der Waals surface area contributed by atoms with Crippen LogP contribution < -0.4 is 19.7 Å². The van der Waals surface area contributed by atoms with Gasteiger partial charge in [-0.15, -0.1) is 0 Å². The lowest BCUT2D eigenvalue weighted by Gasteiger charge is -2.37. The summed E-state index contributed by atoms with van der Waals surface area (Å²) in [5, 5.41) is 4.17. The number of ether oxygens (including phenoxy) is 2. The van der Waals surface area contributed by atoms with Gasteiger partial charge in [0, 0.05) is 38.4 Å². The van der Waals surface area contributed by atoms with Crippen LogP contribution in [0.5, 0.6) is 11.5 Å². The molecular formula is C19H21N3O2S. The number of nitrogens with zero attached hydrogens (tertiary/aromatic N) is 2. The molecule has 2 heterocycles. The first-order chi connectivity index (χ1) is 12.3. The maximum absolute atomic E-state index is 5.57. The lowest BCUT2D eigenvalue weighted by Crippen LogP contribution is -2.51. The molecule has 0 radical (unpaired) electrons. The molecule has 5 nitrogen and oxygen atoms in total. The molecule has 0 bridgehead atoms. The largest absolute Gasteiger partial charge is 0.454 e. The van der Waals surface area contributed by atoms with Crippen LogP contribution in [0, 0.1) is 0 Å². The Balaban J connectivity index is 1.28. The fourth-order valence-corrected chi connectivity index (χ4v) is 3.40. The number of fused-ring (bicyclic) bond motifs is 1. The number of piperazine rings is 1. The van der Waals surface area contributed by atoms with Crippen molar-refractivity contribution in [2.45, 2.75) is 6.54 Å². The van der Waals surface area contributed by atoms with Crippen molar-refractivity contribution in [2.75, 3.05) is 37.9 Å². The van der Waals surface area contributed by atoms with E-state index in [0.717, 1.165) is 48.4 Å². The number of rotatable bonds is 3. The van der Waals surface area contributed by atoms with Crippen LogP contribution in [-0.2, 0) is 6.54 Å². The van der Waals surface area contributed by atoms with E-state index < -0.39 is 0 Å². The van der Waals surface area contributed by atoms with Crippen LogP contribution in [0.25, 0.3) is 0 Å². The summed E-state index contributed by atoms with van der Waals surface area (Å²) in [6, 6.07) is 16.5. The molecule has 0 atom stereocenters. The minimum atomic E-state index is 0.302. The molecule has 0 saturated carbocycles. The first-order valence-corrected chi connectivity index (χ1v) is 8.92. The van der Waals surface area contributed by atoms with Crippen LogP contribution in [-0.4, -0.2) is 43.0 Å². The highest BCUT2D eigenvalue weighted by molar-refractivity contribution is 7.80. The van der Waals surface area contributed by atoms with Crippen molar-refractivity contribution in [3.63, 3.8) is 0 Å². The summed E-state index contributed by atoms with van der Waals surface area (Å²) in [6.45, 7) is 4.82. The Morgan fingerprint density at radius 2 is 1.72 bits per heavy atom. The van der Waals surface area contributed by atoms with Gasteiger partial charge in [-0.1, -0.05) is 24.3 Å². The topological polar surface area (TPSA) is 37.0 Å². The number of nitrogens with one attached hydrogen (secondary N) is 1. The van der Waals surface area contributed by atoms with Crippen molar-refractivity contribution in [2.24, 2.45) is 0 Å². The minimum Gasteiger partial charge on any atom is -0.454 e. The second-order valence-corrected chi connectivity index (χ2v) is 6.54. The molecule has 0 spiro atoms. The van der Waals surface area contributed by atoms with Gasteiger partial charge in [0.05, 0.1) is 0 Å². The van der Waals surface area contributed by atoms with Crippen molar-refractivity contribution >= 4 is 23.0 Å². The van der Waals surface area contributed by atoms with E-state index >= 15 is 0 Å². The quantitative estimate of drug-likeness (QED) is 0.853. The third-order valence-electron chi connectivity index (χ3n) is 4.57. The summed E-state index contributed by atoms with van der Waals surface area (Å²) in [5.41, 5.74) is 2.41. The molecule has 130 valence electrons. The molecule has 0 aliphatic carbocycles.